The van der Waals surface area contributed by atoms with Crippen molar-refractivity contribution in [3.8, 4) is 11.5 Å². The summed E-state index contributed by atoms with van der Waals surface area (Å²) in [5.41, 5.74) is 1.74. The van der Waals surface area contributed by atoms with Crippen LogP contribution in [0.2, 0.25) is 0 Å². The van der Waals surface area contributed by atoms with Crippen molar-refractivity contribution in [2.45, 2.75) is 31.1 Å². The van der Waals surface area contributed by atoms with Gasteiger partial charge >= 0.3 is 6.18 Å². The SMILES string of the molecule is CNC(=O)[C@@H](N[C@@H](CCc1ccc(C(F)(F)F)cc1)c1ccc(OC)c(OC)c1)c1ccccc1. The normalized spacial score (nSPS) is 13.1. The van der Waals surface area contributed by atoms with Crippen LogP contribution < -0.4 is 20.1 Å². The molecule has 0 aromatic heterocycles. The Bertz CT molecular complexity index is 1100. The molecule has 8 heteroatoms. The minimum atomic E-state index is -4.38. The molecule has 5 nitrogen and oxygen atoms in total. The highest BCUT2D eigenvalue weighted by molar-refractivity contribution is 5.83. The highest BCUT2D eigenvalue weighted by Crippen LogP contribution is 2.33. The first-order valence-electron chi connectivity index (χ1n) is 11.2. The second-order valence-corrected chi connectivity index (χ2v) is 8.02. The number of hydrogen-bond donors (Lipinski definition) is 2. The van der Waals surface area contributed by atoms with Gasteiger partial charge in [0.05, 0.1) is 19.8 Å². The molecule has 35 heavy (non-hydrogen) atoms. The van der Waals surface area contributed by atoms with E-state index in [2.05, 4.69) is 10.6 Å². The predicted octanol–water partition coefficient (Wildman–Crippen LogP) is 5.47. The lowest BCUT2D eigenvalue weighted by molar-refractivity contribution is -0.137. The molecule has 0 aliphatic carbocycles. The maximum atomic E-state index is 12.9. The summed E-state index contributed by atoms with van der Waals surface area (Å²) in [5.74, 6) is 0.919. The predicted molar refractivity (Wildman–Crippen MR) is 128 cm³/mol. The standard InChI is InChI=1S/C27H29F3N2O3/c1-31-26(33)25(19-7-5-4-6-8-19)32-22(20-12-16-23(34-2)24(17-20)35-3)15-11-18-9-13-21(14-10-18)27(28,29)30/h4-10,12-14,16-17,22,25,32H,11,15H2,1-3H3,(H,31,33)/t22-,25-/m0/s1. The molecule has 0 fully saturated rings. The van der Waals surface area contributed by atoms with E-state index in [4.69, 9.17) is 9.47 Å². The highest BCUT2D eigenvalue weighted by atomic mass is 19.4. The Balaban J connectivity index is 1.91. The molecule has 3 aromatic carbocycles. The number of hydrogen-bond acceptors (Lipinski definition) is 4. The summed E-state index contributed by atoms with van der Waals surface area (Å²) in [4.78, 5) is 12.8. The molecule has 3 rings (SSSR count). The summed E-state index contributed by atoms with van der Waals surface area (Å²) in [6, 6.07) is 19.1. The van der Waals surface area contributed by atoms with Crippen LogP contribution in [0.3, 0.4) is 0 Å². The molecule has 2 N–H and O–H groups in total. The van der Waals surface area contributed by atoms with Gasteiger partial charge in [0.25, 0.3) is 0 Å². The molecule has 1 amide bonds. The number of ether oxygens (including phenoxy) is 2. The van der Waals surface area contributed by atoms with Crippen molar-refractivity contribution in [2.75, 3.05) is 21.3 Å². The molecule has 0 aliphatic rings. The van der Waals surface area contributed by atoms with E-state index in [-0.39, 0.29) is 11.9 Å². The first-order valence-corrected chi connectivity index (χ1v) is 11.2. The number of carbonyl (C=O) groups excluding carboxylic acids is 1. The van der Waals surface area contributed by atoms with Crippen molar-refractivity contribution in [1.29, 1.82) is 0 Å². The molecule has 0 heterocycles. The molecule has 2 atom stereocenters. The van der Waals surface area contributed by atoms with Crippen molar-refractivity contribution >= 4 is 5.91 Å². The van der Waals surface area contributed by atoms with Crippen LogP contribution in [0.4, 0.5) is 13.2 Å². The molecular formula is C27H29F3N2O3. The van der Waals surface area contributed by atoms with Gasteiger partial charge in [0.15, 0.2) is 11.5 Å². The number of halogens is 3. The van der Waals surface area contributed by atoms with Crippen LogP contribution >= 0.6 is 0 Å². The summed E-state index contributed by atoms with van der Waals surface area (Å²) < 4.78 is 49.6. The zero-order chi connectivity index (χ0) is 25.4. The van der Waals surface area contributed by atoms with Crippen LogP contribution in [0.1, 0.15) is 40.8 Å². The lowest BCUT2D eigenvalue weighted by Gasteiger charge is -2.26. The maximum Gasteiger partial charge on any atom is 0.416 e. The zero-order valence-electron chi connectivity index (χ0n) is 19.9. The maximum absolute atomic E-state index is 12.9. The molecule has 0 unspecified atom stereocenters. The number of aryl methyl sites for hydroxylation is 1. The molecule has 0 aliphatic heterocycles. The average Bonchev–Trinajstić information content (AvgIpc) is 2.88. The van der Waals surface area contributed by atoms with Crippen molar-refractivity contribution in [1.82, 2.24) is 10.6 Å². The largest absolute Gasteiger partial charge is 0.493 e. The van der Waals surface area contributed by atoms with E-state index in [0.29, 0.717) is 24.3 Å². The Hall–Kier alpha value is -3.52. The molecule has 0 saturated carbocycles. The fourth-order valence-corrected chi connectivity index (χ4v) is 3.90. The lowest BCUT2D eigenvalue weighted by Crippen LogP contribution is -2.38. The number of methoxy groups -OCH3 is 2. The quantitative estimate of drug-likeness (QED) is 0.399. The van der Waals surface area contributed by atoms with E-state index >= 15 is 0 Å². The van der Waals surface area contributed by atoms with Crippen molar-refractivity contribution in [3.63, 3.8) is 0 Å². The Kier molecular flexibility index (Phi) is 8.76. The third kappa shape index (κ3) is 6.76. The minimum Gasteiger partial charge on any atom is -0.493 e. The zero-order valence-corrected chi connectivity index (χ0v) is 19.9. The second kappa shape index (κ2) is 11.8. The van der Waals surface area contributed by atoms with Gasteiger partial charge in [-0.05, 0) is 53.8 Å². The summed E-state index contributed by atoms with van der Waals surface area (Å²) in [6.45, 7) is 0. The van der Waals surface area contributed by atoms with E-state index in [1.807, 2.05) is 42.5 Å². The average molecular weight is 487 g/mol. The molecule has 186 valence electrons. The number of nitrogens with one attached hydrogen (secondary N) is 2. The molecule has 0 saturated heterocycles. The van der Waals surface area contributed by atoms with Crippen LogP contribution in [-0.2, 0) is 17.4 Å². The van der Waals surface area contributed by atoms with Crippen molar-refractivity contribution in [3.05, 3.63) is 95.1 Å². The van der Waals surface area contributed by atoms with E-state index in [1.165, 1.54) is 12.1 Å². The van der Waals surface area contributed by atoms with E-state index in [9.17, 15) is 18.0 Å². The van der Waals surface area contributed by atoms with Gasteiger partial charge in [0.2, 0.25) is 5.91 Å². The molecule has 3 aromatic rings. The smallest absolute Gasteiger partial charge is 0.416 e. The Labute approximate surface area is 203 Å². The first kappa shape index (κ1) is 26.1. The van der Waals surface area contributed by atoms with Crippen LogP contribution in [0.5, 0.6) is 11.5 Å². The molecule has 0 radical (unpaired) electrons. The fourth-order valence-electron chi connectivity index (χ4n) is 3.90. The number of benzene rings is 3. The van der Waals surface area contributed by atoms with Crippen molar-refractivity contribution in [2.24, 2.45) is 0 Å². The van der Waals surface area contributed by atoms with E-state index in [1.54, 1.807) is 27.3 Å². The second-order valence-electron chi connectivity index (χ2n) is 8.02. The van der Waals surface area contributed by atoms with Gasteiger partial charge in [0, 0.05) is 13.1 Å². The monoisotopic (exact) mass is 486 g/mol. The third-order valence-electron chi connectivity index (χ3n) is 5.82. The Morgan fingerprint density at radius 2 is 1.54 bits per heavy atom. The van der Waals surface area contributed by atoms with Gasteiger partial charge in [-0.25, -0.2) is 0 Å². The van der Waals surface area contributed by atoms with Gasteiger partial charge in [-0.3, -0.25) is 10.1 Å². The van der Waals surface area contributed by atoms with Crippen LogP contribution in [0, 0.1) is 0 Å². The van der Waals surface area contributed by atoms with Gasteiger partial charge in [0.1, 0.15) is 6.04 Å². The lowest BCUT2D eigenvalue weighted by atomic mass is 9.95. The van der Waals surface area contributed by atoms with E-state index < -0.39 is 17.8 Å². The summed E-state index contributed by atoms with van der Waals surface area (Å²) in [6.07, 6.45) is -3.35. The molecule has 0 spiro atoms. The van der Waals surface area contributed by atoms with Gasteiger partial charge < -0.3 is 14.8 Å². The van der Waals surface area contributed by atoms with Crippen LogP contribution in [0.25, 0.3) is 0 Å². The number of rotatable bonds is 10. The van der Waals surface area contributed by atoms with Crippen LogP contribution in [0.15, 0.2) is 72.8 Å². The first-order chi connectivity index (χ1) is 16.8. The minimum absolute atomic E-state index is 0.198. The Morgan fingerprint density at radius 1 is 0.886 bits per heavy atom. The third-order valence-corrected chi connectivity index (χ3v) is 5.82. The number of likely N-dealkylation sites (N-methyl/N-ethyl adjacent to an activating group) is 1. The van der Waals surface area contributed by atoms with Crippen molar-refractivity contribution < 1.29 is 27.4 Å². The summed E-state index contributed by atoms with van der Waals surface area (Å²) in [5, 5.41) is 6.15. The Morgan fingerprint density at radius 3 is 2.11 bits per heavy atom. The molecular weight excluding hydrogens is 457 g/mol. The number of amides is 1. The number of carbonyl (C=O) groups is 1. The van der Waals surface area contributed by atoms with Gasteiger partial charge in [-0.1, -0.05) is 48.5 Å². The fraction of sp³-hybridized carbons (Fsp3) is 0.296. The van der Waals surface area contributed by atoms with Crippen LogP contribution in [-0.4, -0.2) is 27.2 Å². The summed E-state index contributed by atoms with van der Waals surface area (Å²) >= 11 is 0. The number of alkyl halides is 3. The molecule has 0 bridgehead atoms. The van der Waals surface area contributed by atoms with E-state index in [0.717, 1.165) is 28.8 Å². The highest BCUT2D eigenvalue weighted by Gasteiger charge is 2.30. The van der Waals surface area contributed by atoms with Gasteiger partial charge in [-0.2, -0.15) is 13.2 Å². The topological polar surface area (TPSA) is 59.6 Å². The summed E-state index contributed by atoms with van der Waals surface area (Å²) in [7, 11) is 4.67. The van der Waals surface area contributed by atoms with Gasteiger partial charge in [-0.15, -0.1) is 0 Å².